The van der Waals surface area contributed by atoms with Gasteiger partial charge in [-0.3, -0.25) is 5.32 Å². The zero-order chi connectivity index (χ0) is 13.5. The lowest BCUT2D eigenvalue weighted by Crippen LogP contribution is -2.38. The molecule has 2 amide bonds. The number of nitrogens with zero attached hydrogens (tertiary/aromatic N) is 1. The maximum absolute atomic E-state index is 11.5. The first-order chi connectivity index (χ1) is 8.56. The molecule has 3 N–H and O–H groups in total. The molecule has 6 nitrogen and oxygen atoms in total. The van der Waals surface area contributed by atoms with Crippen molar-refractivity contribution >= 4 is 11.8 Å². The zero-order valence-electron chi connectivity index (χ0n) is 11.1. The second kappa shape index (κ2) is 7.00. The summed E-state index contributed by atoms with van der Waals surface area (Å²) in [6.45, 7) is 6.02. The van der Waals surface area contributed by atoms with Gasteiger partial charge < -0.3 is 14.9 Å². The summed E-state index contributed by atoms with van der Waals surface area (Å²) in [6, 6.07) is 1.23. The largest absolute Gasteiger partial charge is 0.391 e. The van der Waals surface area contributed by atoms with Crippen LogP contribution in [0.5, 0.6) is 0 Å². The summed E-state index contributed by atoms with van der Waals surface area (Å²) in [6.07, 6.45) is 1.26. The highest BCUT2D eigenvalue weighted by Crippen LogP contribution is 2.12. The van der Waals surface area contributed by atoms with Gasteiger partial charge in [-0.25, -0.2) is 4.79 Å². The van der Waals surface area contributed by atoms with Gasteiger partial charge in [-0.05, 0) is 12.8 Å². The van der Waals surface area contributed by atoms with Crippen LogP contribution in [0.4, 0.5) is 10.6 Å². The highest BCUT2D eigenvalue weighted by atomic mass is 16.5. The van der Waals surface area contributed by atoms with Gasteiger partial charge in [0.1, 0.15) is 5.76 Å². The van der Waals surface area contributed by atoms with Crippen molar-refractivity contribution in [3.8, 4) is 0 Å². The first-order valence-corrected chi connectivity index (χ1v) is 6.23. The Balaban J connectivity index is 2.32. The number of aliphatic hydroxyl groups excluding tert-OH is 1. The van der Waals surface area contributed by atoms with E-state index < -0.39 is 12.1 Å². The highest BCUT2D eigenvalue weighted by Gasteiger charge is 2.16. The first kappa shape index (κ1) is 14.5. The Morgan fingerprint density at radius 2 is 2.17 bits per heavy atom. The van der Waals surface area contributed by atoms with Crippen molar-refractivity contribution in [3.05, 3.63) is 11.8 Å². The zero-order valence-corrected chi connectivity index (χ0v) is 11.1. The van der Waals surface area contributed by atoms with Gasteiger partial charge in [0, 0.05) is 12.6 Å². The maximum atomic E-state index is 11.5. The van der Waals surface area contributed by atoms with E-state index in [1.165, 1.54) is 0 Å². The number of amides is 2. The SMILES string of the molecule is CCC(CC)[C@H](O)CNC(=O)Nc1cc(C)on1. The molecule has 1 rings (SSSR count). The molecule has 102 valence electrons. The van der Waals surface area contributed by atoms with Crippen LogP contribution in [0.15, 0.2) is 10.6 Å². The lowest BCUT2D eigenvalue weighted by Gasteiger charge is -2.20. The summed E-state index contributed by atoms with van der Waals surface area (Å²) in [5.41, 5.74) is 0. The van der Waals surface area contributed by atoms with Crippen molar-refractivity contribution in [2.75, 3.05) is 11.9 Å². The van der Waals surface area contributed by atoms with Gasteiger partial charge in [-0.2, -0.15) is 0 Å². The molecule has 0 aromatic carbocycles. The number of carbonyl (C=O) groups is 1. The molecular formula is C12H21N3O3. The Hall–Kier alpha value is -1.56. The number of hydrogen-bond acceptors (Lipinski definition) is 4. The van der Waals surface area contributed by atoms with E-state index in [1.54, 1.807) is 13.0 Å². The lowest BCUT2D eigenvalue weighted by atomic mass is 9.97. The standard InChI is InChI=1S/C12H21N3O3/c1-4-9(5-2)10(16)7-13-12(17)14-11-6-8(3)18-15-11/h6,9-10,16H,4-5,7H2,1-3H3,(H2,13,14,15,17)/t10-/m1/s1. The Kier molecular flexibility index (Phi) is 5.64. The molecule has 0 fully saturated rings. The van der Waals surface area contributed by atoms with Gasteiger partial charge in [-0.1, -0.05) is 31.8 Å². The van der Waals surface area contributed by atoms with E-state index in [2.05, 4.69) is 15.8 Å². The van der Waals surface area contributed by atoms with E-state index in [9.17, 15) is 9.90 Å². The predicted molar refractivity (Wildman–Crippen MR) is 68.3 cm³/mol. The third-order valence-corrected chi connectivity index (χ3v) is 2.93. The minimum absolute atomic E-state index is 0.208. The molecule has 18 heavy (non-hydrogen) atoms. The second-order valence-corrected chi connectivity index (χ2v) is 4.30. The third-order valence-electron chi connectivity index (χ3n) is 2.93. The van der Waals surface area contributed by atoms with Crippen LogP contribution in [0.25, 0.3) is 0 Å². The smallest absolute Gasteiger partial charge is 0.320 e. The number of urea groups is 1. The minimum Gasteiger partial charge on any atom is -0.391 e. The van der Waals surface area contributed by atoms with Crippen molar-refractivity contribution in [1.29, 1.82) is 0 Å². The maximum Gasteiger partial charge on any atom is 0.320 e. The second-order valence-electron chi connectivity index (χ2n) is 4.30. The van der Waals surface area contributed by atoms with Gasteiger partial charge in [0.2, 0.25) is 0 Å². The van der Waals surface area contributed by atoms with Crippen LogP contribution in [0.3, 0.4) is 0 Å². The molecule has 1 aromatic heterocycles. The Morgan fingerprint density at radius 3 is 2.67 bits per heavy atom. The summed E-state index contributed by atoms with van der Waals surface area (Å²) in [4.78, 5) is 11.5. The lowest BCUT2D eigenvalue weighted by molar-refractivity contribution is 0.104. The molecule has 0 saturated heterocycles. The quantitative estimate of drug-likeness (QED) is 0.724. The van der Waals surface area contributed by atoms with Gasteiger partial charge >= 0.3 is 6.03 Å². The fourth-order valence-electron chi connectivity index (χ4n) is 1.78. The van der Waals surface area contributed by atoms with Crippen LogP contribution < -0.4 is 10.6 Å². The topological polar surface area (TPSA) is 87.4 Å². The predicted octanol–water partition coefficient (Wildman–Crippen LogP) is 1.90. The Labute approximate surface area is 107 Å². The van der Waals surface area contributed by atoms with Crippen LogP contribution in [0.2, 0.25) is 0 Å². The van der Waals surface area contributed by atoms with E-state index in [-0.39, 0.29) is 12.5 Å². The van der Waals surface area contributed by atoms with E-state index >= 15 is 0 Å². The monoisotopic (exact) mass is 255 g/mol. The van der Waals surface area contributed by atoms with Crippen LogP contribution >= 0.6 is 0 Å². The van der Waals surface area contributed by atoms with Crippen LogP contribution in [0, 0.1) is 12.8 Å². The summed E-state index contributed by atoms with van der Waals surface area (Å²) < 4.78 is 4.82. The normalized spacial score (nSPS) is 12.5. The van der Waals surface area contributed by atoms with Crippen molar-refractivity contribution in [3.63, 3.8) is 0 Å². The van der Waals surface area contributed by atoms with Gasteiger partial charge in [-0.15, -0.1) is 0 Å². The van der Waals surface area contributed by atoms with Crippen molar-refractivity contribution < 1.29 is 14.4 Å². The molecule has 1 atom stereocenters. The number of aryl methyl sites for hydroxylation is 1. The summed E-state index contributed by atoms with van der Waals surface area (Å²) in [5, 5.41) is 18.6. The van der Waals surface area contributed by atoms with E-state index in [4.69, 9.17) is 4.52 Å². The Morgan fingerprint density at radius 1 is 1.50 bits per heavy atom. The minimum atomic E-state index is -0.523. The van der Waals surface area contributed by atoms with E-state index in [0.717, 1.165) is 12.8 Å². The number of rotatable bonds is 6. The summed E-state index contributed by atoms with van der Waals surface area (Å²) in [5.74, 6) is 1.20. The molecule has 0 spiro atoms. The van der Waals surface area contributed by atoms with Crippen molar-refractivity contribution in [1.82, 2.24) is 10.5 Å². The van der Waals surface area contributed by atoms with Crippen LogP contribution in [0.1, 0.15) is 32.4 Å². The average molecular weight is 255 g/mol. The number of hydrogen-bond donors (Lipinski definition) is 3. The number of nitrogens with one attached hydrogen (secondary N) is 2. The third kappa shape index (κ3) is 4.37. The molecule has 0 radical (unpaired) electrons. The van der Waals surface area contributed by atoms with Crippen molar-refractivity contribution in [2.45, 2.75) is 39.7 Å². The van der Waals surface area contributed by atoms with Crippen LogP contribution in [-0.4, -0.2) is 28.9 Å². The Bertz CT molecular complexity index is 374. The molecule has 0 aliphatic rings. The molecule has 6 heteroatoms. The van der Waals surface area contributed by atoms with E-state index in [1.807, 2.05) is 13.8 Å². The summed E-state index contributed by atoms with van der Waals surface area (Å²) >= 11 is 0. The first-order valence-electron chi connectivity index (χ1n) is 6.23. The van der Waals surface area contributed by atoms with Gasteiger partial charge in [0.05, 0.1) is 6.10 Å². The fourth-order valence-corrected chi connectivity index (χ4v) is 1.78. The summed E-state index contributed by atoms with van der Waals surface area (Å²) in [7, 11) is 0. The molecule has 0 bridgehead atoms. The molecule has 0 aliphatic heterocycles. The van der Waals surface area contributed by atoms with Gasteiger partial charge in [0.25, 0.3) is 0 Å². The average Bonchev–Trinajstić information content (AvgIpc) is 2.73. The molecule has 0 saturated carbocycles. The van der Waals surface area contributed by atoms with E-state index in [0.29, 0.717) is 11.6 Å². The number of carbonyl (C=O) groups excluding carboxylic acids is 1. The molecular weight excluding hydrogens is 234 g/mol. The highest BCUT2D eigenvalue weighted by molar-refractivity contribution is 5.88. The fraction of sp³-hybridized carbons (Fsp3) is 0.667. The van der Waals surface area contributed by atoms with Crippen molar-refractivity contribution in [2.24, 2.45) is 5.92 Å². The number of anilines is 1. The molecule has 0 unspecified atom stereocenters. The number of aromatic nitrogens is 1. The molecule has 1 heterocycles. The molecule has 0 aliphatic carbocycles. The molecule has 1 aromatic rings. The van der Waals surface area contributed by atoms with Gasteiger partial charge in [0.15, 0.2) is 5.82 Å². The number of aliphatic hydroxyl groups is 1. The van der Waals surface area contributed by atoms with Crippen LogP contribution in [-0.2, 0) is 0 Å².